The van der Waals surface area contributed by atoms with Gasteiger partial charge in [-0.15, -0.1) is 0 Å². The Bertz CT molecular complexity index is 517. The maximum atomic E-state index is 11.6. The minimum Gasteiger partial charge on any atom is -0.529 e. The minimum absolute atomic E-state index is 0.142. The molecule has 0 radical (unpaired) electrons. The van der Waals surface area contributed by atoms with E-state index >= 15 is 0 Å². The Morgan fingerprint density at radius 3 is 3.06 bits per heavy atom. The van der Waals surface area contributed by atoms with Gasteiger partial charge in [-0.3, -0.25) is 4.79 Å². The zero-order chi connectivity index (χ0) is 11.3. The van der Waals surface area contributed by atoms with Crippen molar-refractivity contribution in [3.8, 4) is 0 Å². The summed E-state index contributed by atoms with van der Waals surface area (Å²) in [6, 6.07) is 7.55. The van der Waals surface area contributed by atoms with E-state index in [1.54, 1.807) is 5.23 Å². The monoisotopic (exact) mass is 217 g/mol. The van der Waals surface area contributed by atoms with Gasteiger partial charge in [-0.05, 0) is 12.5 Å². The lowest BCUT2D eigenvalue weighted by Gasteiger charge is -2.36. The van der Waals surface area contributed by atoms with Crippen molar-refractivity contribution in [1.82, 2.24) is 4.92 Å². The van der Waals surface area contributed by atoms with Gasteiger partial charge in [0.2, 0.25) is 0 Å². The molecule has 0 unspecified atom stereocenters. The van der Waals surface area contributed by atoms with Gasteiger partial charge < -0.3 is 15.2 Å². The number of amides is 1. The number of hydrazone groups is 1. The molecule has 1 aromatic carbocycles. The molecule has 1 fully saturated rings. The summed E-state index contributed by atoms with van der Waals surface area (Å²) in [6.07, 6.45) is 0. The molecule has 1 amide bonds. The number of hydrogen-bond donors (Lipinski definition) is 2. The molecule has 3 rings (SSSR count). The second-order valence-electron chi connectivity index (χ2n) is 4.29. The molecule has 1 atom stereocenters. The van der Waals surface area contributed by atoms with Crippen molar-refractivity contribution in [3.05, 3.63) is 29.8 Å². The van der Waals surface area contributed by atoms with Crippen molar-refractivity contribution in [2.24, 2.45) is 5.10 Å². The summed E-state index contributed by atoms with van der Waals surface area (Å²) in [5.41, 5.74) is 2.49. The van der Waals surface area contributed by atoms with Crippen LogP contribution >= 0.6 is 0 Å². The SMILES string of the molecule is CC1=NN2C(=O)C[NH2+][B@-]2(O)c2ccccc21. The molecule has 3 N–H and O–H groups in total. The molecule has 16 heavy (non-hydrogen) atoms. The maximum absolute atomic E-state index is 11.6. The second-order valence-corrected chi connectivity index (χ2v) is 4.29. The van der Waals surface area contributed by atoms with Crippen LogP contribution in [0.3, 0.4) is 0 Å². The van der Waals surface area contributed by atoms with Crippen molar-refractivity contribution in [2.45, 2.75) is 6.92 Å². The summed E-state index contributed by atoms with van der Waals surface area (Å²) in [7, 11) is 0. The van der Waals surface area contributed by atoms with E-state index in [-0.39, 0.29) is 12.5 Å². The normalized spacial score (nSPS) is 27.5. The van der Waals surface area contributed by atoms with Crippen LogP contribution < -0.4 is 10.7 Å². The Balaban J connectivity index is 2.27. The van der Waals surface area contributed by atoms with Gasteiger partial charge in [0.05, 0.1) is 5.71 Å². The molecular formula is C10H12BN3O2. The number of nitrogens with zero attached hydrogens (tertiary/aromatic N) is 2. The molecule has 0 spiro atoms. The van der Waals surface area contributed by atoms with Crippen molar-refractivity contribution >= 4 is 23.7 Å². The zero-order valence-electron chi connectivity index (χ0n) is 8.92. The molecule has 1 aromatic rings. The first-order valence-corrected chi connectivity index (χ1v) is 5.33. The molecule has 0 aromatic heterocycles. The highest BCUT2D eigenvalue weighted by molar-refractivity contribution is 6.79. The Morgan fingerprint density at radius 1 is 1.50 bits per heavy atom. The topological polar surface area (TPSA) is 69.5 Å². The Morgan fingerprint density at radius 2 is 2.25 bits per heavy atom. The number of fused-ring (bicyclic) bond motifs is 3. The summed E-state index contributed by atoms with van der Waals surface area (Å²) in [6.45, 7) is 0.0235. The van der Waals surface area contributed by atoms with Gasteiger partial charge in [0.15, 0.2) is 0 Å². The molecule has 82 valence electrons. The van der Waals surface area contributed by atoms with Crippen molar-refractivity contribution in [3.63, 3.8) is 0 Å². The third-order valence-electron chi connectivity index (χ3n) is 3.32. The first-order valence-electron chi connectivity index (χ1n) is 5.33. The molecule has 2 heterocycles. The lowest BCUT2D eigenvalue weighted by atomic mass is 9.56. The van der Waals surface area contributed by atoms with Gasteiger partial charge in [0.1, 0.15) is 6.54 Å². The van der Waals surface area contributed by atoms with Crippen LogP contribution in [-0.2, 0) is 4.79 Å². The van der Waals surface area contributed by atoms with Gasteiger partial charge in [-0.1, -0.05) is 29.7 Å². The fourth-order valence-electron chi connectivity index (χ4n) is 2.49. The number of benzene rings is 1. The Hall–Kier alpha value is -1.66. The summed E-state index contributed by atoms with van der Waals surface area (Å²) >= 11 is 0. The lowest BCUT2D eigenvalue weighted by molar-refractivity contribution is -0.524. The van der Waals surface area contributed by atoms with Crippen LogP contribution in [0.5, 0.6) is 0 Å². The highest BCUT2D eigenvalue weighted by atomic mass is 16.3. The van der Waals surface area contributed by atoms with Crippen molar-refractivity contribution in [1.29, 1.82) is 0 Å². The smallest absolute Gasteiger partial charge is 0.485 e. The third kappa shape index (κ3) is 1.03. The average molecular weight is 217 g/mol. The molecule has 2 aliphatic rings. The van der Waals surface area contributed by atoms with Crippen LogP contribution in [-0.4, -0.2) is 34.7 Å². The molecule has 6 heteroatoms. The first-order chi connectivity index (χ1) is 7.63. The van der Waals surface area contributed by atoms with Crippen LogP contribution in [0.25, 0.3) is 0 Å². The largest absolute Gasteiger partial charge is 0.529 e. The molecule has 0 bridgehead atoms. The van der Waals surface area contributed by atoms with Gasteiger partial charge in [0.25, 0.3) is 5.91 Å². The second kappa shape index (κ2) is 2.93. The summed E-state index contributed by atoms with van der Waals surface area (Å²) < 4.78 is 0. The fourth-order valence-corrected chi connectivity index (χ4v) is 2.49. The van der Waals surface area contributed by atoms with E-state index in [9.17, 15) is 9.82 Å². The standard InChI is InChI=1S/C10H12BN3O2/c1-7-8-4-2-3-5-9(8)11(16)12-6-10(15)14(11)13-7/h2-5,16H,6,12H2,1H3/t11-/m1/s1. The maximum Gasteiger partial charge on any atom is 0.485 e. The quantitative estimate of drug-likeness (QED) is 0.492. The number of rotatable bonds is 0. The number of hydrogen-bond acceptors (Lipinski definition) is 3. The molecule has 0 saturated carbocycles. The van der Waals surface area contributed by atoms with Crippen LogP contribution in [0.1, 0.15) is 12.5 Å². The van der Waals surface area contributed by atoms with Gasteiger partial charge in [0, 0.05) is 0 Å². The van der Waals surface area contributed by atoms with E-state index in [0.717, 1.165) is 16.7 Å². The lowest BCUT2D eigenvalue weighted by Crippen LogP contribution is -3.04. The molecule has 5 nitrogen and oxygen atoms in total. The van der Waals surface area contributed by atoms with Gasteiger partial charge >= 0.3 is 6.62 Å². The first kappa shape index (κ1) is 9.56. The van der Waals surface area contributed by atoms with E-state index in [0.29, 0.717) is 0 Å². The van der Waals surface area contributed by atoms with Crippen LogP contribution in [0, 0.1) is 0 Å². The van der Waals surface area contributed by atoms with Gasteiger partial charge in [-0.25, -0.2) is 5.10 Å². The fraction of sp³-hybridized carbons (Fsp3) is 0.200. The number of nitrogens with two attached hydrogens (primary N) is 1. The third-order valence-corrected chi connectivity index (χ3v) is 3.32. The molecule has 0 aliphatic carbocycles. The number of carbonyl (C=O) groups excluding carboxylic acids is 1. The molecular weight excluding hydrogens is 205 g/mol. The van der Waals surface area contributed by atoms with Crippen molar-refractivity contribution in [2.75, 3.05) is 6.54 Å². The van der Waals surface area contributed by atoms with E-state index < -0.39 is 6.62 Å². The highest BCUT2D eigenvalue weighted by Crippen LogP contribution is 2.15. The predicted molar refractivity (Wildman–Crippen MR) is 59.9 cm³/mol. The van der Waals surface area contributed by atoms with Crippen LogP contribution in [0.2, 0.25) is 0 Å². The average Bonchev–Trinajstić information content (AvgIpc) is 2.59. The van der Waals surface area contributed by atoms with Crippen LogP contribution in [0.4, 0.5) is 0 Å². The minimum atomic E-state index is -2.08. The van der Waals surface area contributed by atoms with Gasteiger partial charge in [-0.2, -0.15) is 0 Å². The van der Waals surface area contributed by atoms with E-state index in [4.69, 9.17) is 0 Å². The van der Waals surface area contributed by atoms with E-state index in [2.05, 4.69) is 5.10 Å². The Kier molecular flexibility index (Phi) is 1.75. The van der Waals surface area contributed by atoms with E-state index in [1.165, 1.54) is 4.92 Å². The summed E-state index contributed by atoms with van der Waals surface area (Å²) in [4.78, 5) is 12.8. The zero-order valence-corrected chi connectivity index (χ0v) is 8.92. The Labute approximate surface area is 92.7 Å². The van der Waals surface area contributed by atoms with Crippen molar-refractivity contribution < 1.29 is 15.0 Å². The summed E-state index contributed by atoms with van der Waals surface area (Å²) in [5.74, 6) is -0.142. The predicted octanol–water partition coefficient (Wildman–Crippen LogP) is -2.03. The summed E-state index contributed by atoms with van der Waals surface area (Å²) in [5, 5.41) is 16.4. The van der Waals surface area contributed by atoms with Crippen LogP contribution in [0.15, 0.2) is 29.4 Å². The number of carbonyl (C=O) groups is 1. The highest BCUT2D eigenvalue weighted by Gasteiger charge is 2.51. The van der Waals surface area contributed by atoms with E-state index in [1.807, 2.05) is 31.2 Å². The number of quaternary nitrogens is 1. The molecule has 1 saturated heterocycles. The molecule has 2 aliphatic heterocycles.